The van der Waals surface area contributed by atoms with Crippen molar-refractivity contribution in [3.05, 3.63) is 11.5 Å². The maximum atomic E-state index is 5.99. The lowest BCUT2D eigenvalue weighted by Gasteiger charge is -2.38. The minimum atomic E-state index is 0.265. The van der Waals surface area contributed by atoms with Crippen molar-refractivity contribution in [1.29, 1.82) is 0 Å². The molecular weight excluding hydrogens is 276 g/mol. The smallest absolute Gasteiger partial charge is 0.226 e. The molecule has 0 saturated carbocycles. The molecule has 1 saturated heterocycles. The van der Waals surface area contributed by atoms with Gasteiger partial charge in [-0.1, -0.05) is 6.92 Å². The van der Waals surface area contributed by atoms with Crippen LogP contribution in [0.1, 0.15) is 20.3 Å². The fourth-order valence-corrected chi connectivity index (χ4v) is 2.83. The summed E-state index contributed by atoms with van der Waals surface area (Å²) in [5, 5.41) is 8.09. The standard InChI is InChI=1S/C13H19ClN6/c1-3-9(2)19-4-6-20(7-5-19)12-10-8-15-18-11(10)16-13(14)17-12/h8-9H,3-7H2,1-2H3,(H,15,16,17,18). The first kappa shape index (κ1) is 13.6. The van der Waals surface area contributed by atoms with Gasteiger partial charge in [-0.25, -0.2) is 0 Å². The SMILES string of the molecule is CCC(C)N1CCN(c2nc(Cl)nc3[nH]ncc23)CC1. The van der Waals surface area contributed by atoms with Gasteiger partial charge in [0.05, 0.1) is 11.6 Å². The number of nitrogens with zero attached hydrogens (tertiary/aromatic N) is 5. The van der Waals surface area contributed by atoms with Crippen LogP contribution >= 0.6 is 11.6 Å². The predicted molar refractivity (Wildman–Crippen MR) is 80.2 cm³/mol. The van der Waals surface area contributed by atoms with Crippen LogP contribution < -0.4 is 4.90 Å². The van der Waals surface area contributed by atoms with Gasteiger partial charge in [-0.15, -0.1) is 0 Å². The van der Waals surface area contributed by atoms with Crippen LogP contribution in [0.15, 0.2) is 6.20 Å². The van der Waals surface area contributed by atoms with Gasteiger partial charge in [-0.05, 0) is 24.9 Å². The number of aromatic nitrogens is 4. The molecule has 1 fully saturated rings. The van der Waals surface area contributed by atoms with E-state index in [1.807, 2.05) is 0 Å². The van der Waals surface area contributed by atoms with E-state index in [1.165, 1.54) is 6.42 Å². The zero-order chi connectivity index (χ0) is 14.1. The van der Waals surface area contributed by atoms with Gasteiger partial charge in [-0.3, -0.25) is 10.00 Å². The van der Waals surface area contributed by atoms with Crippen molar-refractivity contribution >= 4 is 28.5 Å². The summed E-state index contributed by atoms with van der Waals surface area (Å²) in [5.41, 5.74) is 0.698. The van der Waals surface area contributed by atoms with E-state index in [2.05, 4.69) is 43.8 Å². The molecule has 3 heterocycles. The molecule has 1 N–H and O–H groups in total. The lowest BCUT2D eigenvalue weighted by molar-refractivity contribution is 0.192. The Labute approximate surface area is 123 Å². The number of aromatic amines is 1. The van der Waals surface area contributed by atoms with Crippen LogP contribution in [0.3, 0.4) is 0 Å². The topological polar surface area (TPSA) is 60.9 Å². The van der Waals surface area contributed by atoms with Gasteiger partial charge in [-0.2, -0.15) is 15.1 Å². The Morgan fingerprint density at radius 2 is 2.05 bits per heavy atom. The van der Waals surface area contributed by atoms with Gasteiger partial charge in [0.1, 0.15) is 5.82 Å². The third-order valence-corrected chi connectivity index (χ3v) is 4.26. The molecule has 0 spiro atoms. The molecule has 1 atom stereocenters. The van der Waals surface area contributed by atoms with E-state index in [9.17, 15) is 0 Å². The fraction of sp³-hybridized carbons (Fsp3) is 0.615. The van der Waals surface area contributed by atoms with Crippen molar-refractivity contribution in [3.8, 4) is 0 Å². The molecule has 108 valence electrons. The first-order chi connectivity index (χ1) is 9.69. The number of rotatable bonds is 3. The molecule has 1 unspecified atom stereocenters. The van der Waals surface area contributed by atoms with Gasteiger partial charge < -0.3 is 4.90 Å². The normalized spacial score (nSPS) is 18.6. The highest BCUT2D eigenvalue weighted by molar-refractivity contribution is 6.28. The quantitative estimate of drug-likeness (QED) is 0.877. The number of anilines is 1. The van der Waals surface area contributed by atoms with E-state index in [1.54, 1.807) is 6.20 Å². The number of piperazine rings is 1. The molecule has 0 aromatic carbocycles. The second-order valence-corrected chi connectivity index (χ2v) is 5.57. The number of hydrogen-bond acceptors (Lipinski definition) is 5. The number of H-pyrrole nitrogens is 1. The summed E-state index contributed by atoms with van der Waals surface area (Å²) in [5.74, 6) is 0.887. The molecule has 1 aliphatic heterocycles. The Kier molecular flexibility index (Phi) is 3.76. The summed E-state index contributed by atoms with van der Waals surface area (Å²) >= 11 is 5.99. The number of fused-ring (bicyclic) bond motifs is 1. The Balaban J connectivity index is 1.81. The maximum Gasteiger partial charge on any atom is 0.226 e. The summed E-state index contributed by atoms with van der Waals surface area (Å²) in [7, 11) is 0. The van der Waals surface area contributed by atoms with Crippen LogP contribution in [-0.4, -0.2) is 57.3 Å². The van der Waals surface area contributed by atoms with Crippen molar-refractivity contribution in [2.45, 2.75) is 26.3 Å². The Morgan fingerprint density at radius 3 is 2.75 bits per heavy atom. The highest BCUT2D eigenvalue weighted by Gasteiger charge is 2.23. The molecule has 7 heteroatoms. The van der Waals surface area contributed by atoms with Gasteiger partial charge in [0.15, 0.2) is 5.65 Å². The molecule has 1 aliphatic rings. The Hall–Kier alpha value is -1.40. The van der Waals surface area contributed by atoms with Gasteiger partial charge in [0, 0.05) is 32.2 Å². The maximum absolute atomic E-state index is 5.99. The second-order valence-electron chi connectivity index (χ2n) is 5.23. The third kappa shape index (κ3) is 2.45. The number of hydrogen-bond donors (Lipinski definition) is 1. The molecule has 3 rings (SSSR count). The van der Waals surface area contributed by atoms with Crippen molar-refractivity contribution in [2.24, 2.45) is 0 Å². The molecule has 0 amide bonds. The minimum Gasteiger partial charge on any atom is -0.353 e. The van der Waals surface area contributed by atoms with Crippen LogP contribution in [-0.2, 0) is 0 Å². The van der Waals surface area contributed by atoms with E-state index in [0.29, 0.717) is 11.7 Å². The van der Waals surface area contributed by atoms with Crippen LogP contribution in [0.25, 0.3) is 11.0 Å². The first-order valence-electron chi connectivity index (χ1n) is 7.04. The van der Waals surface area contributed by atoms with Crippen molar-refractivity contribution in [3.63, 3.8) is 0 Å². The fourth-order valence-electron chi connectivity index (χ4n) is 2.67. The van der Waals surface area contributed by atoms with E-state index in [-0.39, 0.29) is 5.28 Å². The lowest BCUT2D eigenvalue weighted by atomic mass is 10.2. The highest BCUT2D eigenvalue weighted by Crippen LogP contribution is 2.25. The monoisotopic (exact) mass is 294 g/mol. The first-order valence-corrected chi connectivity index (χ1v) is 7.42. The predicted octanol–water partition coefficient (Wildman–Crippen LogP) is 1.93. The Morgan fingerprint density at radius 1 is 1.30 bits per heavy atom. The molecule has 0 radical (unpaired) electrons. The summed E-state index contributed by atoms with van der Waals surface area (Å²) in [4.78, 5) is 13.3. The van der Waals surface area contributed by atoms with Gasteiger partial charge in [0.25, 0.3) is 0 Å². The number of nitrogens with one attached hydrogen (secondary N) is 1. The third-order valence-electron chi connectivity index (χ3n) is 4.09. The highest BCUT2D eigenvalue weighted by atomic mass is 35.5. The van der Waals surface area contributed by atoms with E-state index in [4.69, 9.17) is 11.6 Å². The molecule has 2 aromatic rings. The zero-order valence-electron chi connectivity index (χ0n) is 11.8. The summed E-state index contributed by atoms with van der Waals surface area (Å²) in [6.45, 7) is 8.53. The molecular formula is C13H19ClN6. The summed E-state index contributed by atoms with van der Waals surface area (Å²) in [6, 6.07) is 0.639. The molecule has 6 nitrogen and oxygen atoms in total. The average Bonchev–Trinajstić information content (AvgIpc) is 2.94. The van der Waals surface area contributed by atoms with E-state index >= 15 is 0 Å². The van der Waals surface area contributed by atoms with E-state index < -0.39 is 0 Å². The second kappa shape index (κ2) is 5.54. The van der Waals surface area contributed by atoms with Crippen molar-refractivity contribution in [2.75, 3.05) is 31.1 Å². The van der Waals surface area contributed by atoms with Crippen LogP contribution in [0.5, 0.6) is 0 Å². The largest absolute Gasteiger partial charge is 0.353 e. The molecule has 0 aliphatic carbocycles. The van der Waals surface area contributed by atoms with Crippen LogP contribution in [0, 0.1) is 0 Å². The van der Waals surface area contributed by atoms with Crippen LogP contribution in [0.4, 0.5) is 5.82 Å². The average molecular weight is 295 g/mol. The zero-order valence-corrected chi connectivity index (χ0v) is 12.6. The number of halogens is 1. The van der Waals surface area contributed by atoms with Gasteiger partial charge in [0.2, 0.25) is 5.28 Å². The van der Waals surface area contributed by atoms with Crippen molar-refractivity contribution in [1.82, 2.24) is 25.1 Å². The van der Waals surface area contributed by atoms with Crippen LogP contribution in [0.2, 0.25) is 5.28 Å². The minimum absolute atomic E-state index is 0.265. The Bertz CT molecular complexity index is 590. The lowest BCUT2D eigenvalue weighted by Crippen LogP contribution is -2.49. The molecule has 20 heavy (non-hydrogen) atoms. The molecule has 2 aromatic heterocycles. The van der Waals surface area contributed by atoms with Crippen molar-refractivity contribution < 1.29 is 0 Å². The molecule has 0 bridgehead atoms. The van der Waals surface area contributed by atoms with E-state index in [0.717, 1.165) is 37.4 Å². The van der Waals surface area contributed by atoms with Gasteiger partial charge >= 0.3 is 0 Å². The summed E-state index contributed by atoms with van der Waals surface area (Å²) < 4.78 is 0. The summed E-state index contributed by atoms with van der Waals surface area (Å²) in [6.07, 6.45) is 2.95.